The van der Waals surface area contributed by atoms with E-state index in [0.29, 0.717) is 16.6 Å². The Morgan fingerprint density at radius 2 is 2.27 bits per heavy atom. The molecule has 2 N–H and O–H groups in total. The number of anilines is 1. The van der Waals surface area contributed by atoms with Gasteiger partial charge in [-0.2, -0.15) is 0 Å². The number of aromatic nitrogens is 2. The molecule has 2 rings (SSSR count). The van der Waals surface area contributed by atoms with Crippen LogP contribution in [0.5, 0.6) is 5.75 Å². The summed E-state index contributed by atoms with van der Waals surface area (Å²) in [6.07, 6.45) is 3.30. The van der Waals surface area contributed by atoms with Gasteiger partial charge in [-0.25, -0.2) is 4.98 Å². The van der Waals surface area contributed by atoms with Crippen molar-refractivity contribution in [3.8, 4) is 11.4 Å². The second kappa shape index (κ2) is 3.82. The first-order valence-corrected chi connectivity index (χ1v) is 4.72. The minimum atomic E-state index is 0.430. The van der Waals surface area contributed by atoms with Crippen LogP contribution >= 0.6 is 11.6 Å². The van der Waals surface area contributed by atoms with E-state index in [9.17, 15) is 0 Å². The molecule has 0 unspecified atom stereocenters. The highest BCUT2D eigenvalue weighted by molar-refractivity contribution is 6.29. The molecule has 0 saturated carbocycles. The molecule has 1 aromatic carbocycles. The number of nitrogen functional groups attached to an aromatic ring is 1. The van der Waals surface area contributed by atoms with Gasteiger partial charge in [0.15, 0.2) is 5.75 Å². The smallest absolute Gasteiger partial charge is 0.165 e. The average Bonchev–Trinajstić information content (AvgIpc) is 2.64. The van der Waals surface area contributed by atoms with Gasteiger partial charge in [-0.15, -0.1) is 0 Å². The van der Waals surface area contributed by atoms with Crippen molar-refractivity contribution in [1.82, 2.24) is 9.55 Å². The Bertz CT molecular complexity index is 481. The topological polar surface area (TPSA) is 53.1 Å². The van der Waals surface area contributed by atoms with Crippen LogP contribution < -0.4 is 10.5 Å². The molecule has 2 aromatic rings. The molecule has 1 heterocycles. The third kappa shape index (κ3) is 1.76. The molecule has 0 amide bonds. The zero-order chi connectivity index (χ0) is 10.8. The largest absolute Gasteiger partial charge is 0.492 e. The Morgan fingerprint density at radius 1 is 1.47 bits per heavy atom. The second-order valence-electron chi connectivity index (χ2n) is 3.00. The highest BCUT2D eigenvalue weighted by Crippen LogP contribution is 2.29. The minimum absolute atomic E-state index is 0.430. The number of halogens is 1. The number of imidazole rings is 1. The van der Waals surface area contributed by atoms with Gasteiger partial charge < -0.3 is 15.0 Å². The van der Waals surface area contributed by atoms with Gasteiger partial charge in [0, 0.05) is 6.20 Å². The molecule has 0 spiro atoms. The molecule has 0 aliphatic rings. The highest BCUT2D eigenvalue weighted by atomic mass is 35.5. The summed E-state index contributed by atoms with van der Waals surface area (Å²) < 4.78 is 6.98. The summed E-state index contributed by atoms with van der Waals surface area (Å²) >= 11 is 5.74. The molecule has 0 fully saturated rings. The van der Waals surface area contributed by atoms with Crippen molar-refractivity contribution in [3.63, 3.8) is 0 Å². The maximum Gasteiger partial charge on any atom is 0.165 e. The normalized spacial score (nSPS) is 10.3. The highest BCUT2D eigenvalue weighted by Gasteiger charge is 2.08. The summed E-state index contributed by atoms with van der Waals surface area (Å²) in [6.45, 7) is 0. The minimum Gasteiger partial charge on any atom is -0.492 e. The van der Waals surface area contributed by atoms with E-state index in [0.717, 1.165) is 5.69 Å². The van der Waals surface area contributed by atoms with E-state index in [-0.39, 0.29) is 0 Å². The van der Waals surface area contributed by atoms with Gasteiger partial charge >= 0.3 is 0 Å². The second-order valence-corrected chi connectivity index (χ2v) is 3.39. The van der Waals surface area contributed by atoms with Crippen LogP contribution in [0.2, 0.25) is 5.15 Å². The monoisotopic (exact) mass is 223 g/mol. The molecule has 5 heteroatoms. The number of ether oxygens (including phenoxy) is 1. The van der Waals surface area contributed by atoms with Crippen LogP contribution in [0.1, 0.15) is 0 Å². The Balaban J connectivity index is 2.57. The Morgan fingerprint density at radius 3 is 2.87 bits per heavy atom. The predicted octanol–water partition coefficient (Wildman–Crippen LogP) is 2.12. The van der Waals surface area contributed by atoms with Gasteiger partial charge in [0.2, 0.25) is 0 Å². The summed E-state index contributed by atoms with van der Waals surface area (Å²) in [5.74, 6) is 0.617. The third-order valence-electron chi connectivity index (χ3n) is 2.06. The Hall–Kier alpha value is -1.68. The average molecular weight is 224 g/mol. The van der Waals surface area contributed by atoms with Crippen molar-refractivity contribution >= 4 is 17.3 Å². The first-order valence-electron chi connectivity index (χ1n) is 4.34. The van der Waals surface area contributed by atoms with Crippen LogP contribution in [-0.2, 0) is 0 Å². The molecule has 0 radical (unpaired) electrons. The first kappa shape index (κ1) is 9.86. The molecule has 0 atom stereocenters. The van der Waals surface area contributed by atoms with Crippen molar-refractivity contribution in [2.24, 2.45) is 0 Å². The summed E-state index contributed by atoms with van der Waals surface area (Å²) in [6, 6.07) is 5.51. The Kier molecular flexibility index (Phi) is 2.51. The molecule has 4 nitrogen and oxygen atoms in total. The molecular weight excluding hydrogens is 214 g/mol. The van der Waals surface area contributed by atoms with Gasteiger partial charge in [0.25, 0.3) is 0 Å². The zero-order valence-electron chi connectivity index (χ0n) is 8.14. The van der Waals surface area contributed by atoms with E-state index in [1.54, 1.807) is 30.3 Å². The Labute approximate surface area is 92.2 Å². The lowest BCUT2D eigenvalue weighted by Crippen LogP contribution is -1.99. The molecule has 78 valence electrons. The first-order chi connectivity index (χ1) is 7.22. The molecule has 0 aliphatic heterocycles. The van der Waals surface area contributed by atoms with E-state index in [1.807, 2.05) is 12.1 Å². The molecule has 15 heavy (non-hydrogen) atoms. The summed E-state index contributed by atoms with van der Waals surface area (Å²) in [5, 5.41) is 0.430. The standard InChI is InChI=1S/C10H10ClN3O/c1-15-10-7(12)3-2-4-8(10)14-5-9(11)13-6-14/h2-6H,12H2,1H3. The number of hydrogen-bond acceptors (Lipinski definition) is 3. The summed E-state index contributed by atoms with van der Waals surface area (Å²) in [4.78, 5) is 3.93. The van der Waals surface area contributed by atoms with E-state index in [1.165, 1.54) is 0 Å². The lowest BCUT2D eigenvalue weighted by molar-refractivity contribution is 0.415. The van der Waals surface area contributed by atoms with Gasteiger partial charge in [0.1, 0.15) is 11.5 Å². The van der Waals surface area contributed by atoms with Crippen LogP contribution in [-0.4, -0.2) is 16.7 Å². The summed E-state index contributed by atoms with van der Waals surface area (Å²) in [5.41, 5.74) is 7.18. The SMILES string of the molecule is COc1c(N)cccc1-n1cnc(Cl)c1. The maximum absolute atomic E-state index is 5.78. The fraction of sp³-hybridized carbons (Fsp3) is 0.100. The fourth-order valence-corrected chi connectivity index (χ4v) is 1.55. The van der Waals surface area contributed by atoms with E-state index in [4.69, 9.17) is 22.1 Å². The van der Waals surface area contributed by atoms with Crippen LogP contribution in [0.15, 0.2) is 30.7 Å². The lowest BCUT2D eigenvalue weighted by atomic mass is 10.2. The number of benzene rings is 1. The van der Waals surface area contributed by atoms with E-state index in [2.05, 4.69) is 4.98 Å². The van der Waals surface area contributed by atoms with Crippen molar-refractivity contribution < 1.29 is 4.74 Å². The molecule has 1 aromatic heterocycles. The van der Waals surface area contributed by atoms with Gasteiger partial charge in [-0.05, 0) is 12.1 Å². The van der Waals surface area contributed by atoms with E-state index < -0.39 is 0 Å². The molecule has 0 bridgehead atoms. The number of hydrogen-bond donors (Lipinski definition) is 1. The van der Waals surface area contributed by atoms with Crippen molar-refractivity contribution in [1.29, 1.82) is 0 Å². The number of methoxy groups -OCH3 is 1. The zero-order valence-corrected chi connectivity index (χ0v) is 8.90. The van der Waals surface area contributed by atoms with Crippen molar-refractivity contribution in [2.75, 3.05) is 12.8 Å². The van der Waals surface area contributed by atoms with Crippen LogP contribution in [0.4, 0.5) is 5.69 Å². The predicted molar refractivity (Wildman–Crippen MR) is 59.5 cm³/mol. The maximum atomic E-state index is 5.78. The van der Waals surface area contributed by atoms with Crippen molar-refractivity contribution in [3.05, 3.63) is 35.9 Å². The molecule has 0 aliphatic carbocycles. The van der Waals surface area contributed by atoms with Gasteiger partial charge in [0.05, 0.1) is 18.5 Å². The van der Waals surface area contributed by atoms with Gasteiger partial charge in [-0.3, -0.25) is 0 Å². The van der Waals surface area contributed by atoms with Crippen LogP contribution in [0.25, 0.3) is 5.69 Å². The number of rotatable bonds is 2. The fourth-order valence-electron chi connectivity index (χ4n) is 1.40. The molecule has 0 saturated heterocycles. The van der Waals surface area contributed by atoms with Crippen LogP contribution in [0.3, 0.4) is 0 Å². The van der Waals surface area contributed by atoms with E-state index >= 15 is 0 Å². The van der Waals surface area contributed by atoms with Crippen LogP contribution in [0, 0.1) is 0 Å². The number of nitrogens with zero attached hydrogens (tertiary/aromatic N) is 2. The number of nitrogens with two attached hydrogens (primary N) is 1. The molecular formula is C10H10ClN3O. The third-order valence-corrected chi connectivity index (χ3v) is 2.25. The lowest BCUT2D eigenvalue weighted by Gasteiger charge is -2.10. The summed E-state index contributed by atoms with van der Waals surface area (Å²) in [7, 11) is 1.58. The van der Waals surface area contributed by atoms with Gasteiger partial charge in [-0.1, -0.05) is 17.7 Å². The van der Waals surface area contributed by atoms with Crippen molar-refractivity contribution in [2.45, 2.75) is 0 Å². The quantitative estimate of drug-likeness (QED) is 0.794. The number of para-hydroxylation sites is 1.